The van der Waals surface area contributed by atoms with E-state index in [0.29, 0.717) is 17.1 Å². The highest BCUT2D eigenvalue weighted by molar-refractivity contribution is 7.90. The minimum absolute atomic E-state index is 0.246. The Morgan fingerprint density at radius 1 is 1.15 bits per heavy atom. The van der Waals surface area contributed by atoms with E-state index in [1.54, 1.807) is 42.5 Å². The van der Waals surface area contributed by atoms with Crippen molar-refractivity contribution in [3.05, 3.63) is 59.9 Å². The number of allylic oxidation sites excluding steroid dienone is 1. The van der Waals surface area contributed by atoms with Gasteiger partial charge >= 0.3 is 0 Å². The van der Waals surface area contributed by atoms with Crippen molar-refractivity contribution >= 4 is 38.3 Å². The van der Waals surface area contributed by atoms with Crippen LogP contribution in [0.3, 0.4) is 0 Å². The average Bonchev–Trinajstić information content (AvgIpc) is 2.84. The maximum Gasteiger partial charge on any atom is 0.267 e. The SMILES string of the molecule is O=S(=O)(c1ccccc1)n1ccc2c1CC(Cl)C=C2Cl. The molecule has 2 aromatic rings. The normalized spacial score (nSPS) is 18.5. The second kappa shape index (κ2) is 4.95. The molecule has 104 valence electrons. The van der Waals surface area contributed by atoms with Crippen LogP contribution in [-0.2, 0) is 16.4 Å². The van der Waals surface area contributed by atoms with Gasteiger partial charge in [0, 0.05) is 28.9 Å². The number of hydrogen-bond acceptors (Lipinski definition) is 2. The quantitative estimate of drug-likeness (QED) is 0.792. The van der Waals surface area contributed by atoms with Crippen LogP contribution in [0.5, 0.6) is 0 Å². The zero-order chi connectivity index (χ0) is 14.3. The lowest BCUT2D eigenvalue weighted by Gasteiger charge is -2.17. The molecule has 0 N–H and O–H groups in total. The maximum absolute atomic E-state index is 12.6. The second-order valence-electron chi connectivity index (χ2n) is 4.52. The van der Waals surface area contributed by atoms with Crippen molar-refractivity contribution < 1.29 is 8.42 Å². The van der Waals surface area contributed by atoms with Crippen LogP contribution in [0.4, 0.5) is 0 Å². The Morgan fingerprint density at radius 2 is 1.85 bits per heavy atom. The minimum Gasteiger partial charge on any atom is -0.245 e. The third kappa shape index (κ3) is 2.18. The van der Waals surface area contributed by atoms with Crippen LogP contribution in [0, 0.1) is 0 Å². The van der Waals surface area contributed by atoms with Gasteiger partial charge in [0.15, 0.2) is 0 Å². The molecule has 1 unspecified atom stereocenters. The Balaban J connectivity index is 2.16. The van der Waals surface area contributed by atoms with Crippen LogP contribution in [0.1, 0.15) is 11.3 Å². The number of aromatic nitrogens is 1. The monoisotopic (exact) mass is 327 g/mol. The summed E-state index contributed by atoms with van der Waals surface area (Å²) in [6.07, 6.45) is 3.69. The van der Waals surface area contributed by atoms with Crippen molar-refractivity contribution in [2.45, 2.75) is 16.7 Å². The van der Waals surface area contributed by atoms with Crippen molar-refractivity contribution in [3.63, 3.8) is 0 Å². The highest BCUT2D eigenvalue weighted by atomic mass is 35.5. The molecule has 1 heterocycles. The average molecular weight is 328 g/mol. The fourth-order valence-electron chi connectivity index (χ4n) is 2.29. The van der Waals surface area contributed by atoms with E-state index in [2.05, 4.69) is 0 Å². The molecular weight excluding hydrogens is 317 g/mol. The van der Waals surface area contributed by atoms with E-state index in [4.69, 9.17) is 23.2 Å². The molecule has 3 nitrogen and oxygen atoms in total. The first-order valence-corrected chi connectivity index (χ1v) is 8.28. The van der Waals surface area contributed by atoms with Crippen LogP contribution >= 0.6 is 23.2 Å². The number of nitrogens with zero attached hydrogens (tertiary/aromatic N) is 1. The van der Waals surface area contributed by atoms with E-state index in [9.17, 15) is 8.42 Å². The molecule has 1 aliphatic carbocycles. The number of halogens is 2. The van der Waals surface area contributed by atoms with Crippen LogP contribution in [0.2, 0.25) is 0 Å². The molecule has 0 spiro atoms. The van der Waals surface area contributed by atoms with Crippen LogP contribution in [0.25, 0.3) is 5.03 Å². The highest BCUT2D eigenvalue weighted by Crippen LogP contribution is 2.33. The van der Waals surface area contributed by atoms with E-state index in [1.165, 1.54) is 10.2 Å². The van der Waals surface area contributed by atoms with Gasteiger partial charge in [0.1, 0.15) is 0 Å². The smallest absolute Gasteiger partial charge is 0.245 e. The summed E-state index contributed by atoms with van der Waals surface area (Å²) < 4.78 is 26.5. The molecule has 1 atom stereocenters. The molecule has 1 aromatic heterocycles. The number of benzene rings is 1. The lowest BCUT2D eigenvalue weighted by Crippen LogP contribution is -2.19. The van der Waals surface area contributed by atoms with E-state index in [-0.39, 0.29) is 10.3 Å². The summed E-state index contributed by atoms with van der Waals surface area (Å²) in [4.78, 5) is 0.246. The largest absolute Gasteiger partial charge is 0.267 e. The van der Waals surface area contributed by atoms with E-state index in [1.807, 2.05) is 0 Å². The molecular formula is C14H11Cl2NO2S. The van der Waals surface area contributed by atoms with Gasteiger partial charge in [-0.15, -0.1) is 11.6 Å². The van der Waals surface area contributed by atoms with Crippen molar-refractivity contribution in [1.82, 2.24) is 3.97 Å². The van der Waals surface area contributed by atoms with Gasteiger partial charge in [0.05, 0.1) is 10.3 Å². The van der Waals surface area contributed by atoms with E-state index < -0.39 is 10.0 Å². The molecule has 0 aliphatic heterocycles. The molecule has 0 amide bonds. The Bertz CT molecular complexity index is 779. The fourth-order valence-corrected chi connectivity index (χ4v) is 4.36. The summed E-state index contributed by atoms with van der Waals surface area (Å²) in [5.41, 5.74) is 1.35. The maximum atomic E-state index is 12.6. The Morgan fingerprint density at radius 3 is 2.55 bits per heavy atom. The molecule has 20 heavy (non-hydrogen) atoms. The summed E-state index contributed by atoms with van der Waals surface area (Å²) in [6, 6.07) is 10.0. The van der Waals surface area contributed by atoms with E-state index >= 15 is 0 Å². The highest BCUT2D eigenvalue weighted by Gasteiger charge is 2.26. The summed E-state index contributed by atoms with van der Waals surface area (Å²) in [6.45, 7) is 0. The molecule has 3 rings (SSSR count). The second-order valence-corrected chi connectivity index (χ2v) is 7.31. The van der Waals surface area contributed by atoms with Gasteiger partial charge in [-0.3, -0.25) is 0 Å². The van der Waals surface area contributed by atoms with Gasteiger partial charge in [-0.05, 0) is 24.3 Å². The molecule has 0 bridgehead atoms. The molecule has 0 radical (unpaired) electrons. The summed E-state index contributed by atoms with van der Waals surface area (Å²) in [5, 5.41) is 0.197. The first kappa shape index (κ1) is 13.7. The fraction of sp³-hybridized carbons (Fsp3) is 0.143. The molecule has 6 heteroatoms. The lowest BCUT2D eigenvalue weighted by molar-refractivity contribution is 0.585. The number of hydrogen-bond donors (Lipinski definition) is 0. The lowest BCUT2D eigenvalue weighted by atomic mass is 10.1. The predicted octanol–water partition coefficient (Wildman–Crippen LogP) is 3.47. The Labute approximate surface area is 127 Å². The number of fused-ring (bicyclic) bond motifs is 1. The van der Waals surface area contributed by atoms with Crippen molar-refractivity contribution in [2.24, 2.45) is 0 Å². The molecule has 0 fully saturated rings. The van der Waals surface area contributed by atoms with Crippen molar-refractivity contribution in [1.29, 1.82) is 0 Å². The zero-order valence-corrected chi connectivity index (χ0v) is 12.7. The van der Waals surface area contributed by atoms with Crippen LogP contribution < -0.4 is 0 Å². The van der Waals surface area contributed by atoms with Gasteiger partial charge < -0.3 is 0 Å². The molecule has 1 aromatic carbocycles. The number of rotatable bonds is 2. The summed E-state index contributed by atoms with van der Waals surface area (Å²) in [5.74, 6) is 0. The Hall–Kier alpha value is -1.23. The minimum atomic E-state index is -3.61. The van der Waals surface area contributed by atoms with Crippen LogP contribution in [0.15, 0.2) is 53.6 Å². The molecule has 1 aliphatic rings. The third-order valence-electron chi connectivity index (χ3n) is 3.23. The molecule has 0 saturated heterocycles. The van der Waals surface area contributed by atoms with Crippen molar-refractivity contribution in [2.75, 3.05) is 0 Å². The summed E-state index contributed by atoms with van der Waals surface area (Å²) >= 11 is 12.2. The van der Waals surface area contributed by atoms with Gasteiger partial charge in [0.2, 0.25) is 0 Å². The first-order chi connectivity index (χ1) is 9.50. The summed E-state index contributed by atoms with van der Waals surface area (Å²) in [7, 11) is -3.61. The third-order valence-corrected chi connectivity index (χ3v) is 5.56. The van der Waals surface area contributed by atoms with Gasteiger partial charge in [-0.1, -0.05) is 29.8 Å². The van der Waals surface area contributed by atoms with Gasteiger partial charge in [0.25, 0.3) is 10.0 Å². The van der Waals surface area contributed by atoms with Gasteiger partial charge in [-0.2, -0.15) is 0 Å². The van der Waals surface area contributed by atoms with Crippen LogP contribution in [-0.4, -0.2) is 17.8 Å². The Kier molecular flexibility index (Phi) is 3.40. The predicted molar refractivity (Wildman–Crippen MR) is 80.6 cm³/mol. The van der Waals surface area contributed by atoms with E-state index in [0.717, 1.165) is 5.56 Å². The number of alkyl halides is 1. The molecule has 0 saturated carbocycles. The zero-order valence-electron chi connectivity index (χ0n) is 10.3. The standard InChI is InChI=1S/C14H11Cl2NO2S/c15-10-8-13(16)12-6-7-17(14(12)9-10)20(18,19)11-4-2-1-3-5-11/h1-8,10H,9H2. The topological polar surface area (TPSA) is 39.1 Å². The van der Waals surface area contributed by atoms with Gasteiger partial charge in [-0.25, -0.2) is 12.4 Å². The first-order valence-electron chi connectivity index (χ1n) is 6.03. The van der Waals surface area contributed by atoms with Crippen molar-refractivity contribution in [3.8, 4) is 0 Å².